The second kappa shape index (κ2) is 10.1. The van der Waals surface area contributed by atoms with Gasteiger partial charge in [0, 0.05) is 38.1 Å². The van der Waals surface area contributed by atoms with E-state index in [9.17, 15) is 18.0 Å². The molecule has 0 bridgehead atoms. The smallest absolute Gasteiger partial charge is 0.270 e. The first kappa shape index (κ1) is 23.5. The van der Waals surface area contributed by atoms with Crippen molar-refractivity contribution in [2.75, 3.05) is 31.5 Å². The fourth-order valence-electron chi connectivity index (χ4n) is 4.62. The predicted octanol–water partition coefficient (Wildman–Crippen LogP) is 3.24. The number of hydrogen-bond donors (Lipinski definition) is 2. The van der Waals surface area contributed by atoms with E-state index in [2.05, 4.69) is 10.3 Å². The molecule has 9 heteroatoms. The van der Waals surface area contributed by atoms with E-state index in [0.717, 1.165) is 36.9 Å². The molecule has 4 rings (SSSR count). The zero-order valence-corrected chi connectivity index (χ0v) is 19.9. The van der Waals surface area contributed by atoms with Crippen LogP contribution in [0.15, 0.2) is 41.4 Å². The Morgan fingerprint density at radius 2 is 1.85 bits per heavy atom. The highest BCUT2D eigenvalue weighted by molar-refractivity contribution is 7.89. The van der Waals surface area contributed by atoms with Crippen molar-refractivity contribution in [2.24, 2.45) is 5.92 Å². The summed E-state index contributed by atoms with van der Waals surface area (Å²) < 4.78 is 27.9. The minimum atomic E-state index is -3.81. The molecule has 0 aliphatic carbocycles. The Bertz CT molecular complexity index is 1110. The van der Waals surface area contributed by atoms with Crippen LogP contribution < -0.4 is 5.32 Å². The summed E-state index contributed by atoms with van der Waals surface area (Å²) in [5.74, 6) is -0.751. The standard InChI is InChI=1S/C24H32N4O4S/c1-2-18-9-4-5-11-21(18)26-23(29)19-10-8-14-28(17-19)33(31,32)20-15-22(25-16-20)24(30)27-12-6-3-7-13-27/h4-5,9,11,15-16,19,25H,2-3,6-8,10,12-14,17H2,1H3,(H,26,29)/t19-/m1/s1. The van der Waals surface area contributed by atoms with Gasteiger partial charge < -0.3 is 15.2 Å². The molecule has 1 atom stereocenters. The van der Waals surface area contributed by atoms with Crippen molar-refractivity contribution in [3.05, 3.63) is 47.8 Å². The van der Waals surface area contributed by atoms with Gasteiger partial charge in [-0.2, -0.15) is 4.31 Å². The molecule has 2 aliphatic heterocycles. The number of nitrogens with one attached hydrogen (secondary N) is 2. The molecule has 2 aliphatic rings. The van der Waals surface area contributed by atoms with Gasteiger partial charge in [-0.15, -0.1) is 0 Å². The summed E-state index contributed by atoms with van der Waals surface area (Å²) in [4.78, 5) is 30.3. The lowest BCUT2D eigenvalue weighted by atomic mass is 9.98. The molecule has 0 saturated carbocycles. The predicted molar refractivity (Wildman–Crippen MR) is 126 cm³/mol. The Kier molecular flexibility index (Phi) is 7.19. The number of benzene rings is 1. The summed E-state index contributed by atoms with van der Waals surface area (Å²) in [5.41, 5.74) is 2.11. The van der Waals surface area contributed by atoms with Crippen molar-refractivity contribution >= 4 is 27.5 Å². The second-order valence-corrected chi connectivity index (χ2v) is 10.7. The van der Waals surface area contributed by atoms with Crippen LogP contribution in [0.1, 0.15) is 55.1 Å². The zero-order valence-electron chi connectivity index (χ0n) is 19.0. The van der Waals surface area contributed by atoms with E-state index >= 15 is 0 Å². The van der Waals surface area contributed by atoms with Gasteiger partial charge in [0.2, 0.25) is 15.9 Å². The molecule has 0 radical (unpaired) electrons. The molecule has 1 aromatic heterocycles. The molecule has 2 amide bonds. The molecule has 2 N–H and O–H groups in total. The third kappa shape index (κ3) is 5.14. The molecule has 0 spiro atoms. The summed E-state index contributed by atoms with van der Waals surface area (Å²) in [7, 11) is -3.81. The summed E-state index contributed by atoms with van der Waals surface area (Å²) >= 11 is 0. The largest absolute Gasteiger partial charge is 0.356 e. The number of anilines is 1. The molecule has 178 valence electrons. The van der Waals surface area contributed by atoms with Crippen molar-refractivity contribution in [3.63, 3.8) is 0 Å². The van der Waals surface area contributed by atoms with Crippen LogP contribution in [-0.2, 0) is 21.2 Å². The van der Waals surface area contributed by atoms with Gasteiger partial charge in [-0.25, -0.2) is 8.42 Å². The van der Waals surface area contributed by atoms with Crippen LogP contribution in [0.4, 0.5) is 5.69 Å². The average Bonchev–Trinajstić information content (AvgIpc) is 3.36. The van der Waals surface area contributed by atoms with E-state index in [1.165, 1.54) is 16.6 Å². The lowest BCUT2D eigenvalue weighted by Crippen LogP contribution is -2.43. The minimum Gasteiger partial charge on any atom is -0.356 e. The Labute approximate surface area is 195 Å². The molecular formula is C24H32N4O4S. The number of likely N-dealkylation sites (tertiary alicyclic amines) is 1. The van der Waals surface area contributed by atoms with Gasteiger partial charge >= 0.3 is 0 Å². The number of aromatic amines is 1. The average molecular weight is 473 g/mol. The van der Waals surface area contributed by atoms with E-state index < -0.39 is 15.9 Å². The number of hydrogen-bond acceptors (Lipinski definition) is 4. The molecule has 1 aromatic carbocycles. The van der Waals surface area contributed by atoms with Crippen molar-refractivity contribution < 1.29 is 18.0 Å². The van der Waals surface area contributed by atoms with Gasteiger partial charge in [0.15, 0.2) is 0 Å². The SMILES string of the molecule is CCc1ccccc1NC(=O)[C@@H]1CCCN(S(=O)(=O)c2c[nH]c(C(=O)N3CCCCC3)c2)C1. The molecule has 33 heavy (non-hydrogen) atoms. The second-order valence-electron chi connectivity index (χ2n) is 8.80. The van der Waals surface area contributed by atoms with Crippen LogP contribution in [0.3, 0.4) is 0 Å². The Morgan fingerprint density at radius 3 is 2.61 bits per heavy atom. The number of H-pyrrole nitrogens is 1. The fraction of sp³-hybridized carbons (Fsp3) is 0.500. The van der Waals surface area contributed by atoms with E-state index in [-0.39, 0.29) is 28.9 Å². The van der Waals surface area contributed by atoms with Crippen LogP contribution >= 0.6 is 0 Å². The number of rotatable bonds is 6. The van der Waals surface area contributed by atoms with Gasteiger partial charge in [0.1, 0.15) is 10.6 Å². The number of para-hydroxylation sites is 1. The van der Waals surface area contributed by atoms with E-state index in [1.54, 1.807) is 4.90 Å². The first-order chi connectivity index (χ1) is 15.9. The van der Waals surface area contributed by atoms with E-state index in [0.29, 0.717) is 32.5 Å². The van der Waals surface area contributed by atoms with Crippen LogP contribution in [0.25, 0.3) is 0 Å². The molecule has 3 heterocycles. The first-order valence-corrected chi connectivity index (χ1v) is 13.2. The number of aromatic nitrogens is 1. The molecule has 2 fully saturated rings. The van der Waals surface area contributed by atoms with Gasteiger partial charge in [-0.1, -0.05) is 25.1 Å². The number of carbonyl (C=O) groups excluding carboxylic acids is 2. The normalized spacial score (nSPS) is 19.9. The third-order valence-corrected chi connectivity index (χ3v) is 8.42. The fourth-order valence-corrected chi connectivity index (χ4v) is 6.14. The maximum absolute atomic E-state index is 13.3. The number of aryl methyl sites for hydroxylation is 1. The minimum absolute atomic E-state index is 0.0697. The van der Waals surface area contributed by atoms with Crippen LogP contribution in [-0.4, -0.2) is 60.6 Å². The number of sulfonamides is 1. The molecule has 8 nitrogen and oxygen atoms in total. The number of piperidine rings is 2. The highest BCUT2D eigenvalue weighted by Crippen LogP contribution is 2.26. The topological polar surface area (TPSA) is 103 Å². The highest BCUT2D eigenvalue weighted by Gasteiger charge is 2.34. The molecule has 0 unspecified atom stereocenters. The van der Waals surface area contributed by atoms with Crippen molar-refractivity contribution in [3.8, 4) is 0 Å². The van der Waals surface area contributed by atoms with Crippen molar-refractivity contribution in [1.82, 2.24) is 14.2 Å². The summed E-state index contributed by atoms with van der Waals surface area (Å²) in [5, 5.41) is 2.98. The summed E-state index contributed by atoms with van der Waals surface area (Å²) in [6.45, 7) is 3.91. The van der Waals surface area contributed by atoms with E-state index in [1.807, 2.05) is 31.2 Å². The Morgan fingerprint density at radius 1 is 1.09 bits per heavy atom. The lowest BCUT2D eigenvalue weighted by molar-refractivity contribution is -0.120. The van der Waals surface area contributed by atoms with Crippen molar-refractivity contribution in [1.29, 1.82) is 0 Å². The van der Waals surface area contributed by atoms with Gasteiger partial charge in [-0.05, 0) is 56.2 Å². The van der Waals surface area contributed by atoms with Gasteiger partial charge in [-0.3, -0.25) is 9.59 Å². The summed E-state index contributed by atoms with van der Waals surface area (Å²) in [6, 6.07) is 9.08. The number of amides is 2. The molecule has 2 saturated heterocycles. The number of nitrogens with zero attached hydrogens (tertiary/aromatic N) is 2. The van der Waals surface area contributed by atoms with Crippen LogP contribution in [0.2, 0.25) is 0 Å². The monoisotopic (exact) mass is 472 g/mol. The molecular weight excluding hydrogens is 440 g/mol. The van der Waals surface area contributed by atoms with Gasteiger partial charge in [0.25, 0.3) is 5.91 Å². The van der Waals surface area contributed by atoms with Crippen molar-refractivity contribution in [2.45, 2.75) is 50.3 Å². The molecule has 2 aromatic rings. The van der Waals surface area contributed by atoms with Crippen LogP contribution in [0, 0.1) is 5.92 Å². The third-order valence-electron chi connectivity index (χ3n) is 6.58. The zero-order chi connectivity index (χ0) is 23.4. The van der Waals surface area contributed by atoms with Gasteiger partial charge in [0.05, 0.1) is 5.92 Å². The van der Waals surface area contributed by atoms with Crippen LogP contribution in [0.5, 0.6) is 0 Å². The number of carbonyl (C=O) groups is 2. The summed E-state index contributed by atoms with van der Waals surface area (Å²) in [6.07, 6.45) is 6.48. The Balaban J connectivity index is 1.44. The maximum Gasteiger partial charge on any atom is 0.270 e. The first-order valence-electron chi connectivity index (χ1n) is 11.8. The highest BCUT2D eigenvalue weighted by atomic mass is 32.2. The quantitative estimate of drug-likeness (QED) is 0.674. The van der Waals surface area contributed by atoms with E-state index in [4.69, 9.17) is 0 Å². The lowest BCUT2D eigenvalue weighted by Gasteiger charge is -2.31. The maximum atomic E-state index is 13.3. The Hall–Kier alpha value is -2.65.